The molecule has 0 radical (unpaired) electrons. The number of benzene rings is 2. The van der Waals surface area contributed by atoms with Crippen LogP contribution in [0.5, 0.6) is 0 Å². The maximum atomic E-state index is 13.0. The number of hydrogen-bond donors (Lipinski definition) is 1. The van der Waals surface area contributed by atoms with E-state index in [2.05, 4.69) is 6.07 Å². The van der Waals surface area contributed by atoms with E-state index in [-0.39, 0.29) is 5.91 Å². The molecule has 1 N–H and O–H groups in total. The Morgan fingerprint density at radius 3 is 2.55 bits per heavy atom. The Kier molecular flexibility index (Phi) is 5.72. The molecule has 0 aromatic heterocycles. The first-order valence-electron chi connectivity index (χ1n) is 10.2. The van der Waals surface area contributed by atoms with Crippen LogP contribution in [0.1, 0.15) is 17.5 Å². The summed E-state index contributed by atoms with van der Waals surface area (Å²) < 4.78 is 27.5. The van der Waals surface area contributed by atoms with Crippen LogP contribution in [0.3, 0.4) is 0 Å². The third kappa shape index (κ3) is 4.22. The van der Waals surface area contributed by atoms with E-state index in [1.54, 1.807) is 16.4 Å². The molecular formula is C22H28N3O3S+. The molecule has 2 heterocycles. The predicted molar refractivity (Wildman–Crippen MR) is 113 cm³/mol. The lowest BCUT2D eigenvalue weighted by molar-refractivity contribution is -0.889. The summed E-state index contributed by atoms with van der Waals surface area (Å²) in [5.74, 6) is 0.125. The quantitative estimate of drug-likeness (QED) is 0.807. The van der Waals surface area contributed by atoms with Gasteiger partial charge < -0.3 is 9.80 Å². The lowest BCUT2D eigenvalue weighted by Crippen LogP contribution is -3.13. The molecule has 1 amide bonds. The van der Waals surface area contributed by atoms with Gasteiger partial charge in [-0.05, 0) is 37.1 Å². The Labute approximate surface area is 172 Å². The van der Waals surface area contributed by atoms with Crippen molar-refractivity contribution in [1.29, 1.82) is 0 Å². The zero-order valence-electron chi connectivity index (χ0n) is 16.8. The van der Waals surface area contributed by atoms with Crippen molar-refractivity contribution in [2.45, 2.75) is 24.7 Å². The monoisotopic (exact) mass is 414 g/mol. The fourth-order valence-electron chi connectivity index (χ4n) is 4.21. The van der Waals surface area contributed by atoms with Crippen molar-refractivity contribution in [3.8, 4) is 0 Å². The van der Waals surface area contributed by atoms with E-state index >= 15 is 0 Å². The number of quaternary nitrogens is 1. The molecule has 0 saturated carbocycles. The van der Waals surface area contributed by atoms with Gasteiger partial charge in [0.2, 0.25) is 10.0 Å². The van der Waals surface area contributed by atoms with Crippen molar-refractivity contribution in [2.75, 3.05) is 44.2 Å². The molecule has 29 heavy (non-hydrogen) atoms. The molecule has 1 fully saturated rings. The summed E-state index contributed by atoms with van der Waals surface area (Å²) in [5.41, 5.74) is 3.29. The second-order valence-corrected chi connectivity index (χ2v) is 9.86. The molecule has 1 saturated heterocycles. The standard InChI is InChI=1S/C22H27N3O3S/c1-18-7-9-20(10-8-18)29(27,28)24-13-4-12-23(15-16-24)17-22(26)25-14-11-19-5-2-3-6-21(19)25/h2-3,5-10H,4,11-17H2,1H3/p+1. The Morgan fingerprint density at radius 1 is 1.00 bits per heavy atom. The molecule has 1 unspecified atom stereocenters. The predicted octanol–water partition coefficient (Wildman–Crippen LogP) is 0.864. The number of fused-ring (bicyclic) bond motifs is 1. The molecule has 2 aromatic rings. The Morgan fingerprint density at radius 2 is 1.76 bits per heavy atom. The average molecular weight is 415 g/mol. The molecule has 6 nitrogen and oxygen atoms in total. The fourth-order valence-corrected chi connectivity index (χ4v) is 5.69. The van der Waals surface area contributed by atoms with Crippen molar-refractivity contribution in [3.05, 3.63) is 59.7 Å². The van der Waals surface area contributed by atoms with Gasteiger partial charge in [0, 0.05) is 25.2 Å². The van der Waals surface area contributed by atoms with E-state index in [1.165, 1.54) is 5.56 Å². The molecule has 0 aliphatic carbocycles. The van der Waals surface area contributed by atoms with E-state index in [0.29, 0.717) is 31.1 Å². The van der Waals surface area contributed by atoms with E-state index in [0.717, 1.165) is 42.1 Å². The fraction of sp³-hybridized carbons (Fsp3) is 0.409. The van der Waals surface area contributed by atoms with Crippen molar-refractivity contribution >= 4 is 21.6 Å². The van der Waals surface area contributed by atoms with Crippen LogP contribution in [0.15, 0.2) is 53.4 Å². The van der Waals surface area contributed by atoms with Gasteiger partial charge in [0.15, 0.2) is 6.54 Å². The molecule has 154 valence electrons. The normalized spacial score (nSPS) is 20.3. The number of carbonyl (C=O) groups excluding carboxylic acids is 1. The van der Waals surface area contributed by atoms with Crippen LogP contribution in [-0.2, 0) is 21.2 Å². The van der Waals surface area contributed by atoms with E-state index in [1.807, 2.05) is 42.2 Å². The lowest BCUT2D eigenvalue weighted by Gasteiger charge is -2.22. The van der Waals surface area contributed by atoms with E-state index in [4.69, 9.17) is 0 Å². The van der Waals surface area contributed by atoms with Crippen LogP contribution < -0.4 is 9.80 Å². The van der Waals surface area contributed by atoms with Crippen molar-refractivity contribution in [1.82, 2.24) is 4.31 Å². The number of sulfonamides is 1. The first kappa shape index (κ1) is 20.1. The molecule has 2 aromatic carbocycles. The van der Waals surface area contributed by atoms with Gasteiger partial charge in [-0.1, -0.05) is 35.9 Å². The van der Waals surface area contributed by atoms with E-state index in [9.17, 15) is 13.2 Å². The molecule has 2 aliphatic heterocycles. The van der Waals surface area contributed by atoms with Gasteiger partial charge in [0.25, 0.3) is 5.91 Å². The number of para-hydroxylation sites is 1. The number of aryl methyl sites for hydroxylation is 1. The number of carbonyl (C=O) groups is 1. The Hall–Kier alpha value is -2.22. The number of amides is 1. The second kappa shape index (κ2) is 8.26. The van der Waals surface area contributed by atoms with Gasteiger partial charge >= 0.3 is 0 Å². The minimum Gasteiger partial charge on any atom is -0.326 e. The zero-order valence-corrected chi connectivity index (χ0v) is 17.6. The number of rotatable bonds is 4. The summed E-state index contributed by atoms with van der Waals surface area (Å²) in [4.78, 5) is 16.3. The molecule has 7 heteroatoms. The molecule has 2 aliphatic rings. The van der Waals surface area contributed by atoms with E-state index < -0.39 is 10.0 Å². The van der Waals surface area contributed by atoms with Crippen LogP contribution in [0, 0.1) is 6.92 Å². The summed E-state index contributed by atoms with van der Waals surface area (Å²) in [6.45, 7) is 5.48. The van der Waals surface area contributed by atoms with Gasteiger partial charge in [-0.25, -0.2) is 8.42 Å². The number of nitrogens with one attached hydrogen (secondary N) is 1. The lowest BCUT2D eigenvalue weighted by atomic mass is 10.2. The van der Waals surface area contributed by atoms with Crippen LogP contribution >= 0.6 is 0 Å². The van der Waals surface area contributed by atoms with Crippen LogP contribution in [0.25, 0.3) is 0 Å². The van der Waals surface area contributed by atoms with Crippen LogP contribution in [0.2, 0.25) is 0 Å². The molecule has 4 rings (SSSR count). The highest BCUT2D eigenvalue weighted by Gasteiger charge is 2.31. The summed E-state index contributed by atoms with van der Waals surface area (Å²) in [5, 5.41) is 0. The SMILES string of the molecule is Cc1ccc(S(=O)(=O)N2CCC[NH+](CC(=O)N3CCc4ccccc43)CC2)cc1. The first-order chi connectivity index (χ1) is 13.9. The topological polar surface area (TPSA) is 62.1 Å². The number of anilines is 1. The van der Waals surface area contributed by atoms with Crippen LogP contribution in [0.4, 0.5) is 5.69 Å². The zero-order chi connectivity index (χ0) is 20.4. The third-order valence-corrected chi connectivity index (χ3v) is 7.81. The summed E-state index contributed by atoms with van der Waals surface area (Å²) in [6, 6.07) is 15.1. The first-order valence-corrected chi connectivity index (χ1v) is 11.7. The van der Waals surface area contributed by atoms with Gasteiger partial charge in [-0.15, -0.1) is 0 Å². The summed E-state index contributed by atoms with van der Waals surface area (Å²) in [6.07, 6.45) is 1.66. The minimum atomic E-state index is -3.49. The Bertz CT molecular complexity index is 989. The molecule has 0 bridgehead atoms. The number of nitrogens with zero attached hydrogens (tertiary/aromatic N) is 2. The highest BCUT2D eigenvalue weighted by atomic mass is 32.2. The van der Waals surface area contributed by atoms with Gasteiger partial charge in [-0.2, -0.15) is 4.31 Å². The molecule has 1 atom stereocenters. The van der Waals surface area contributed by atoms with Crippen molar-refractivity contribution in [3.63, 3.8) is 0 Å². The largest absolute Gasteiger partial charge is 0.326 e. The third-order valence-electron chi connectivity index (χ3n) is 5.90. The van der Waals surface area contributed by atoms with Gasteiger partial charge in [-0.3, -0.25) is 4.79 Å². The van der Waals surface area contributed by atoms with Crippen molar-refractivity contribution < 1.29 is 18.1 Å². The highest BCUT2D eigenvalue weighted by Crippen LogP contribution is 2.27. The average Bonchev–Trinajstić information content (AvgIpc) is 3.00. The Balaban J connectivity index is 1.39. The summed E-state index contributed by atoms with van der Waals surface area (Å²) >= 11 is 0. The van der Waals surface area contributed by atoms with Gasteiger partial charge in [0.05, 0.1) is 24.5 Å². The molecular weight excluding hydrogens is 386 g/mol. The second-order valence-electron chi connectivity index (χ2n) is 7.92. The maximum absolute atomic E-state index is 13.0. The molecule has 0 spiro atoms. The minimum absolute atomic E-state index is 0.125. The smallest absolute Gasteiger partial charge is 0.282 e. The highest BCUT2D eigenvalue weighted by molar-refractivity contribution is 7.89. The van der Waals surface area contributed by atoms with Crippen molar-refractivity contribution in [2.24, 2.45) is 0 Å². The number of hydrogen-bond acceptors (Lipinski definition) is 3. The summed E-state index contributed by atoms with van der Waals surface area (Å²) in [7, 11) is -3.49. The van der Waals surface area contributed by atoms with Crippen LogP contribution in [-0.4, -0.2) is 57.9 Å². The maximum Gasteiger partial charge on any atom is 0.282 e. The van der Waals surface area contributed by atoms with Gasteiger partial charge in [0.1, 0.15) is 0 Å².